The summed E-state index contributed by atoms with van der Waals surface area (Å²) in [5.41, 5.74) is 3.66. The van der Waals surface area contributed by atoms with Crippen molar-refractivity contribution in [2.75, 3.05) is 19.6 Å². The fraction of sp³-hybridized carbons (Fsp3) is 0.333. The molecule has 0 saturated carbocycles. The minimum absolute atomic E-state index is 0.0672. The van der Waals surface area contributed by atoms with Crippen molar-refractivity contribution >= 4 is 16.8 Å². The van der Waals surface area contributed by atoms with Crippen molar-refractivity contribution in [1.82, 2.24) is 20.4 Å². The maximum Gasteiger partial charge on any atom is 0.272 e. The first-order chi connectivity index (χ1) is 12.8. The van der Waals surface area contributed by atoms with E-state index in [1.807, 2.05) is 24.3 Å². The fourth-order valence-electron chi connectivity index (χ4n) is 4.37. The van der Waals surface area contributed by atoms with Gasteiger partial charge in [0.1, 0.15) is 0 Å². The Hall–Kier alpha value is -2.66. The highest BCUT2D eigenvalue weighted by Crippen LogP contribution is 2.28. The van der Waals surface area contributed by atoms with Crippen molar-refractivity contribution in [1.29, 1.82) is 0 Å². The van der Waals surface area contributed by atoms with Crippen LogP contribution in [0.1, 0.15) is 23.3 Å². The topological polar surface area (TPSA) is 61.0 Å². The Balaban J connectivity index is 1.40. The Morgan fingerprint density at radius 2 is 1.88 bits per heavy atom. The van der Waals surface area contributed by atoms with Crippen LogP contribution in [0.15, 0.2) is 48.5 Å². The highest BCUT2D eigenvalue weighted by Gasteiger charge is 2.35. The van der Waals surface area contributed by atoms with Gasteiger partial charge in [-0.15, -0.1) is 0 Å². The van der Waals surface area contributed by atoms with E-state index in [0.717, 1.165) is 28.6 Å². The van der Waals surface area contributed by atoms with Crippen LogP contribution in [0.3, 0.4) is 0 Å². The monoisotopic (exact) mass is 346 g/mol. The number of piperidine rings is 3. The lowest BCUT2D eigenvalue weighted by Crippen LogP contribution is -2.57. The average Bonchev–Trinajstić information content (AvgIpc) is 3.13. The number of H-pyrrole nitrogens is 1. The van der Waals surface area contributed by atoms with Gasteiger partial charge in [-0.2, -0.15) is 5.10 Å². The number of nitrogens with zero attached hydrogens (tertiary/aromatic N) is 2. The Morgan fingerprint density at radius 3 is 2.62 bits per heavy atom. The fourth-order valence-corrected chi connectivity index (χ4v) is 4.37. The predicted molar refractivity (Wildman–Crippen MR) is 102 cm³/mol. The van der Waals surface area contributed by atoms with Gasteiger partial charge in [0.05, 0.1) is 5.52 Å². The second-order valence-electron chi connectivity index (χ2n) is 7.42. The van der Waals surface area contributed by atoms with Crippen molar-refractivity contribution < 1.29 is 4.79 Å². The number of amides is 1. The second-order valence-corrected chi connectivity index (χ2v) is 7.42. The van der Waals surface area contributed by atoms with Crippen LogP contribution in [0.4, 0.5) is 0 Å². The number of nitrogens with one attached hydrogen (secondary N) is 2. The zero-order valence-corrected chi connectivity index (χ0v) is 14.6. The van der Waals surface area contributed by atoms with Gasteiger partial charge >= 0.3 is 0 Å². The van der Waals surface area contributed by atoms with E-state index in [9.17, 15) is 4.79 Å². The summed E-state index contributed by atoms with van der Waals surface area (Å²) in [6, 6.07) is 16.6. The molecule has 2 N–H and O–H groups in total. The summed E-state index contributed by atoms with van der Waals surface area (Å²) in [7, 11) is 0. The third-order valence-corrected chi connectivity index (χ3v) is 5.86. The molecule has 0 aliphatic carbocycles. The van der Waals surface area contributed by atoms with Gasteiger partial charge in [-0.25, -0.2) is 0 Å². The molecule has 0 radical (unpaired) electrons. The van der Waals surface area contributed by atoms with Crippen LogP contribution in [0, 0.1) is 5.92 Å². The van der Waals surface area contributed by atoms with Gasteiger partial charge in [0.2, 0.25) is 0 Å². The van der Waals surface area contributed by atoms with Crippen molar-refractivity contribution in [3.63, 3.8) is 0 Å². The molecule has 3 aliphatic rings. The third-order valence-electron chi connectivity index (χ3n) is 5.86. The van der Waals surface area contributed by atoms with Gasteiger partial charge in [-0.1, -0.05) is 36.4 Å². The molecule has 26 heavy (non-hydrogen) atoms. The zero-order chi connectivity index (χ0) is 17.5. The van der Waals surface area contributed by atoms with E-state index in [4.69, 9.17) is 0 Å². The molecule has 3 aliphatic heterocycles. The molecular formula is C21H22N4O. The maximum absolute atomic E-state index is 12.8. The molecular weight excluding hydrogens is 324 g/mol. The summed E-state index contributed by atoms with van der Waals surface area (Å²) in [5, 5.41) is 11.4. The Labute approximate surface area is 152 Å². The molecule has 2 bridgehead atoms. The molecule has 5 nitrogen and oxygen atoms in total. The Bertz CT molecular complexity index is 941. The minimum Gasteiger partial charge on any atom is -0.346 e. The minimum atomic E-state index is -0.0672. The molecule has 2 aromatic carbocycles. The second kappa shape index (κ2) is 6.25. The molecule has 132 valence electrons. The number of hydrogen-bond acceptors (Lipinski definition) is 3. The largest absolute Gasteiger partial charge is 0.346 e. The van der Waals surface area contributed by atoms with E-state index in [1.165, 1.54) is 25.9 Å². The average molecular weight is 346 g/mol. The zero-order valence-electron chi connectivity index (χ0n) is 14.6. The summed E-state index contributed by atoms with van der Waals surface area (Å²) in [6.45, 7) is 3.31. The molecule has 5 heteroatoms. The van der Waals surface area contributed by atoms with Crippen LogP contribution < -0.4 is 5.32 Å². The summed E-state index contributed by atoms with van der Waals surface area (Å²) < 4.78 is 0. The molecule has 1 atom stereocenters. The van der Waals surface area contributed by atoms with E-state index in [-0.39, 0.29) is 11.9 Å². The first-order valence-electron chi connectivity index (χ1n) is 9.35. The molecule has 0 spiro atoms. The van der Waals surface area contributed by atoms with Crippen LogP contribution in [0.25, 0.3) is 22.0 Å². The highest BCUT2D eigenvalue weighted by atomic mass is 16.2. The quantitative estimate of drug-likeness (QED) is 0.766. The van der Waals surface area contributed by atoms with Gasteiger partial charge in [-0.3, -0.25) is 9.89 Å². The van der Waals surface area contributed by atoms with Gasteiger partial charge in [-0.05, 0) is 55.1 Å². The van der Waals surface area contributed by atoms with Gasteiger partial charge in [0.25, 0.3) is 5.91 Å². The number of aromatic amines is 1. The summed E-state index contributed by atoms with van der Waals surface area (Å²) in [5.74, 6) is 0.543. The molecule has 1 unspecified atom stereocenters. The molecule has 3 fully saturated rings. The number of fused-ring (bicyclic) bond motifs is 4. The van der Waals surface area contributed by atoms with E-state index >= 15 is 0 Å². The van der Waals surface area contributed by atoms with Crippen molar-refractivity contribution in [3.8, 4) is 11.1 Å². The summed E-state index contributed by atoms with van der Waals surface area (Å²) in [4.78, 5) is 15.3. The van der Waals surface area contributed by atoms with Gasteiger partial charge in [0.15, 0.2) is 5.69 Å². The summed E-state index contributed by atoms with van der Waals surface area (Å²) in [6.07, 6.45) is 2.37. The standard InChI is InChI=1S/C21H22N4O/c26-21(22-19-13-25-10-8-15(19)9-11-25)20-17-7-6-16(12-18(17)23-24-20)14-4-2-1-3-5-14/h1-7,12,15,19H,8-11,13H2,(H,22,26)(H,23,24). The smallest absolute Gasteiger partial charge is 0.272 e. The van der Waals surface area contributed by atoms with Crippen LogP contribution in [-0.4, -0.2) is 46.7 Å². The third kappa shape index (κ3) is 2.69. The molecule has 3 saturated heterocycles. The van der Waals surface area contributed by atoms with Crippen LogP contribution >= 0.6 is 0 Å². The lowest BCUT2D eigenvalue weighted by atomic mass is 9.84. The number of aromatic nitrogens is 2. The van der Waals surface area contributed by atoms with Crippen LogP contribution in [-0.2, 0) is 0 Å². The molecule has 6 rings (SSSR count). The highest BCUT2D eigenvalue weighted by molar-refractivity contribution is 6.05. The molecule has 1 amide bonds. The number of carbonyl (C=O) groups excluding carboxylic acids is 1. The van der Waals surface area contributed by atoms with Crippen molar-refractivity contribution in [2.45, 2.75) is 18.9 Å². The van der Waals surface area contributed by atoms with E-state index in [0.29, 0.717) is 11.6 Å². The summed E-state index contributed by atoms with van der Waals surface area (Å²) >= 11 is 0. The van der Waals surface area contributed by atoms with E-state index < -0.39 is 0 Å². The Morgan fingerprint density at radius 1 is 1.08 bits per heavy atom. The molecule has 1 aromatic heterocycles. The van der Waals surface area contributed by atoms with Gasteiger partial charge in [0, 0.05) is 18.0 Å². The first kappa shape index (κ1) is 15.6. The SMILES string of the molecule is O=C(NC1CN2CCC1CC2)c1n[nH]c2cc(-c3ccccc3)ccc12. The Kier molecular flexibility index (Phi) is 3.75. The van der Waals surface area contributed by atoms with Crippen LogP contribution in [0.2, 0.25) is 0 Å². The number of carbonyl (C=O) groups is 1. The van der Waals surface area contributed by atoms with Crippen LogP contribution in [0.5, 0.6) is 0 Å². The number of hydrogen-bond donors (Lipinski definition) is 2. The van der Waals surface area contributed by atoms with Crippen molar-refractivity contribution in [3.05, 3.63) is 54.2 Å². The van der Waals surface area contributed by atoms with Crippen molar-refractivity contribution in [2.24, 2.45) is 5.92 Å². The normalized spacial score (nSPS) is 24.7. The predicted octanol–water partition coefficient (Wildman–Crippen LogP) is 3.05. The molecule has 3 aromatic rings. The van der Waals surface area contributed by atoms with Gasteiger partial charge < -0.3 is 10.2 Å². The number of benzene rings is 2. The lowest BCUT2D eigenvalue weighted by Gasteiger charge is -2.44. The molecule has 4 heterocycles. The number of rotatable bonds is 3. The first-order valence-corrected chi connectivity index (χ1v) is 9.35. The lowest BCUT2D eigenvalue weighted by molar-refractivity contribution is 0.0618. The maximum atomic E-state index is 12.8. The van der Waals surface area contributed by atoms with E-state index in [1.54, 1.807) is 0 Å². The van der Waals surface area contributed by atoms with E-state index in [2.05, 4.69) is 44.7 Å².